The second-order valence-electron chi connectivity index (χ2n) is 6.64. The van der Waals surface area contributed by atoms with Crippen LogP contribution in [-0.4, -0.2) is 16.9 Å². The van der Waals surface area contributed by atoms with Gasteiger partial charge < -0.3 is 9.88 Å². The first-order valence-corrected chi connectivity index (χ1v) is 8.69. The van der Waals surface area contributed by atoms with E-state index in [1.54, 1.807) is 0 Å². The highest BCUT2D eigenvalue weighted by molar-refractivity contribution is 5.95. The number of anilines is 1. The standard InChI is InChI=1S/C21H22N2O/c1-15-10-11-16-6-2-5-9-20(16)23(15)21(24)13-12-17-14-22-19-8-4-3-7-18(17)19/h2-9,14-15,22H,10-13H2,1H3. The summed E-state index contributed by atoms with van der Waals surface area (Å²) < 4.78 is 0. The van der Waals surface area contributed by atoms with Crippen molar-refractivity contribution >= 4 is 22.5 Å². The maximum absolute atomic E-state index is 12.9. The van der Waals surface area contributed by atoms with Gasteiger partial charge in [-0.2, -0.15) is 0 Å². The third-order valence-electron chi connectivity index (χ3n) is 5.08. The van der Waals surface area contributed by atoms with Crippen molar-refractivity contribution in [2.24, 2.45) is 0 Å². The Hall–Kier alpha value is -2.55. The predicted molar refractivity (Wildman–Crippen MR) is 98.3 cm³/mol. The van der Waals surface area contributed by atoms with Crippen molar-refractivity contribution in [1.82, 2.24) is 4.98 Å². The van der Waals surface area contributed by atoms with E-state index in [4.69, 9.17) is 0 Å². The molecule has 3 aromatic rings. The van der Waals surface area contributed by atoms with Crippen LogP contribution in [0.2, 0.25) is 0 Å². The molecule has 0 aliphatic carbocycles. The van der Waals surface area contributed by atoms with Gasteiger partial charge in [-0.05, 0) is 49.4 Å². The Labute approximate surface area is 142 Å². The van der Waals surface area contributed by atoms with Crippen LogP contribution in [0.1, 0.15) is 30.9 Å². The SMILES string of the molecule is CC1CCc2ccccc2N1C(=O)CCc1c[nH]c2ccccc12. The van der Waals surface area contributed by atoms with Crippen LogP contribution >= 0.6 is 0 Å². The van der Waals surface area contributed by atoms with E-state index in [9.17, 15) is 4.79 Å². The van der Waals surface area contributed by atoms with Crippen LogP contribution in [0.15, 0.2) is 54.7 Å². The molecule has 1 N–H and O–H groups in total. The normalized spacial score (nSPS) is 17.0. The monoisotopic (exact) mass is 318 g/mol. The molecular weight excluding hydrogens is 296 g/mol. The smallest absolute Gasteiger partial charge is 0.227 e. The van der Waals surface area contributed by atoms with E-state index >= 15 is 0 Å². The van der Waals surface area contributed by atoms with Gasteiger partial charge >= 0.3 is 0 Å². The van der Waals surface area contributed by atoms with Crippen molar-refractivity contribution in [3.05, 3.63) is 65.9 Å². The number of hydrogen-bond donors (Lipinski definition) is 1. The van der Waals surface area contributed by atoms with Crippen LogP contribution < -0.4 is 4.90 Å². The molecule has 122 valence electrons. The van der Waals surface area contributed by atoms with Crippen molar-refractivity contribution in [1.29, 1.82) is 0 Å². The summed E-state index contributed by atoms with van der Waals surface area (Å²) >= 11 is 0. The number of aryl methyl sites for hydroxylation is 2. The van der Waals surface area contributed by atoms with Crippen LogP contribution in [-0.2, 0) is 17.6 Å². The summed E-state index contributed by atoms with van der Waals surface area (Å²) in [5.41, 5.74) is 4.74. The summed E-state index contributed by atoms with van der Waals surface area (Å²) in [5, 5.41) is 1.22. The molecule has 0 saturated carbocycles. The van der Waals surface area contributed by atoms with Crippen molar-refractivity contribution in [2.75, 3.05) is 4.90 Å². The first kappa shape index (κ1) is 15.0. The van der Waals surface area contributed by atoms with Crippen LogP contribution in [0.5, 0.6) is 0 Å². The van der Waals surface area contributed by atoms with Crippen molar-refractivity contribution < 1.29 is 4.79 Å². The highest BCUT2D eigenvalue weighted by Crippen LogP contribution is 2.31. The minimum atomic E-state index is 0.222. The highest BCUT2D eigenvalue weighted by atomic mass is 16.2. The zero-order chi connectivity index (χ0) is 16.5. The first-order chi connectivity index (χ1) is 11.7. The van der Waals surface area contributed by atoms with Gasteiger partial charge in [-0.3, -0.25) is 4.79 Å². The van der Waals surface area contributed by atoms with Gasteiger partial charge in [0.1, 0.15) is 0 Å². The Morgan fingerprint density at radius 2 is 1.96 bits per heavy atom. The lowest BCUT2D eigenvalue weighted by Crippen LogP contribution is -2.42. The number of amides is 1. The van der Waals surface area contributed by atoms with Gasteiger partial charge in [0.15, 0.2) is 0 Å². The summed E-state index contributed by atoms with van der Waals surface area (Å²) in [5.74, 6) is 0.222. The third kappa shape index (κ3) is 2.60. The number of carbonyl (C=O) groups is 1. The van der Waals surface area contributed by atoms with Crippen molar-refractivity contribution in [2.45, 2.75) is 38.6 Å². The maximum atomic E-state index is 12.9. The molecule has 1 unspecified atom stereocenters. The summed E-state index contributed by atoms with van der Waals surface area (Å²) in [6.07, 6.45) is 5.44. The van der Waals surface area contributed by atoms with E-state index in [0.717, 1.165) is 30.5 Å². The zero-order valence-electron chi connectivity index (χ0n) is 14.0. The predicted octanol–water partition coefficient (Wildman–Crippen LogP) is 4.47. The molecule has 1 aliphatic rings. The molecule has 24 heavy (non-hydrogen) atoms. The molecule has 1 aliphatic heterocycles. The minimum Gasteiger partial charge on any atom is -0.361 e. The number of aromatic amines is 1. The number of benzene rings is 2. The Morgan fingerprint density at radius 1 is 1.17 bits per heavy atom. The van der Waals surface area contributed by atoms with Gasteiger partial charge in [0.05, 0.1) is 0 Å². The van der Waals surface area contributed by atoms with Gasteiger partial charge in [-0.15, -0.1) is 0 Å². The molecular formula is C21H22N2O. The van der Waals surface area contributed by atoms with Crippen molar-refractivity contribution in [3.63, 3.8) is 0 Å². The number of hydrogen-bond acceptors (Lipinski definition) is 1. The molecule has 0 radical (unpaired) electrons. The van der Waals surface area contributed by atoms with Gasteiger partial charge in [0.2, 0.25) is 5.91 Å². The molecule has 0 saturated heterocycles. The Bertz CT molecular complexity index is 880. The van der Waals surface area contributed by atoms with Crippen LogP contribution in [0.25, 0.3) is 10.9 Å². The van der Waals surface area contributed by atoms with Gasteiger partial charge in [-0.1, -0.05) is 36.4 Å². The first-order valence-electron chi connectivity index (χ1n) is 8.69. The molecule has 4 rings (SSSR count). The lowest BCUT2D eigenvalue weighted by atomic mass is 9.96. The average molecular weight is 318 g/mol. The summed E-state index contributed by atoms with van der Waals surface area (Å²) in [4.78, 5) is 18.2. The van der Waals surface area contributed by atoms with E-state index in [0.29, 0.717) is 6.42 Å². The number of rotatable bonds is 3. The summed E-state index contributed by atoms with van der Waals surface area (Å²) in [6, 6.07) is 16.8. The molecule has 0 fully saturated rings. The Balaban J connectivity index is 1.54. The van der Waals surface area contributed by atoms with Gasteiger partial charge in [0, 0.05) is 35.2 Å². The molecule has 1 atom stereocenters. The Kier molecular flexibility index (Phi) is 3.85. The van der Waals surface area contributed by atoms with E-state index in [1.165, 1.54) is 16.5 Å². The quantitative estimate of drug-likeness (QED) is 0.760. The Morgan fingerprint density at radius 3 is 2.88 bits per heavy atom. The van der Waals surface area contributed by atoms with Crippen LogP contribution in [0.3, 0.4) is 0 Å². The van der Waals surface area contributed by atoms with Gasteiger partial charge in [-0.25, -0.2) is 0 Å². The molecule has 3 heteroatoms. The molecule has 2 heterocycles. The topological polar surface area (TPSA) is 36.1 Å². The van der Waals surface area contributed by atoms with E-state index in [1.807, 2.05) is 29.3 Å². The van der Waals surface area contributed by atoms with E-state index < -0.39 is 0 Å². The number of nitrogens with one attached hydrogen (secondary N) is 1. The number of carbonyl (C=O) groups excluding carboxylic acids is 1. The van der Waals surface area contributed by atoms with Crippen molar-refractivity contribution in [3.8, 4) is 0 Å². The molecule has 2 aromatic carbocycles. The number of aromatic nitrogens is 1. The summed E-state index contributed by atoms with van der Waals surface area (Å²) in [6.45, 7) is 2.15. The zero-order valence-corrected chi connectivity index (χ0v) is 14.0. The van der Waals surface area contributed by atoms with Gasteiger partial charge in [0.25, 0.3) is 0 Å². The fourth-order valence-corrected chi connectivity index (χ4v) is 3.77. The number of nitrogens with zero attached hydrogens (tertiary/aromatic N) is 1. The lowest BCUT2D eigenvalue weighted by molar-refractivity contribution is -0.119. The highest BCUT2D eigenvalue weighted by Gasteiger charge is 2.27. The van der Waals surface area contributed by atoms with E-state index in [-0.39, 0.29) is 11.9 Å². The second kappa shape index (κ2) is 6.16. The summed E-state index contributed by atoms with van der Waals surface area (Å²) in [7, 11) is 0. The molecule has 0 bridgehead atoms. The molecule has 3 nitrogen and oxygen atoms in total. The molecule has 1 aromatic heterocycles. The lowest BCUT2D eigenvalue weighted by Gasteiger charge is -2.35. The van der Waals surface area contributed by atoms with E-state index in [2.05, 4.69) is 42.2 Å². The largest absolute Gasteiger partial charge is 0.361 e. The fraction of sp³-hybridized carbons (Fsp3) is 0.286. The third-order valence-corrected chi connectivity index (χ3v) is 5.08. The number of H-pyrrole nitrogens is 1. The number of fused-ring (bicyclic) bond motifs is 2. The number of para-hydroxylation sites is 2. The van der Waals surface area contributed by atoms with Crippen LogP contribution in [0.4, 0.5) is 5.69 Å². The second-order valence-corrected chi connectivity index (χ2v) is 6.64. The fourth-order valence-electron chi connectivity index (χ4n) is 3.77. The molecule has 0 spiro atoms. The van der Waals surface area contributed by atoms with Crippen LogP contribution in [0, 0.1) is 0 Å². The maximum Gasteiger partial charge on any atom is 0.227 e. The minimum absolute atomic E-state index is 0.222. The average Bonchev–Trinajstić information content (AvgIpc) is 3.03. The molecule has 1 amide bonds.